The molecule has 0 saturated heterocycles. The van der Waals surface area contributed by atoms with Crippen molar-refractivity contribution in [2.75, 3.05) is 20.2 Å². The molecule has 24 heavy (non-hydrogen) atoms. The predicted molar refractivity (Wildman–Crippen MR) is 93.3 cm³/mol. The largest absolute Gasteiger partial charge is 0.496 e. The average molecular weight is 331 g/mol. The molecule has 0 bridgehead atoms. The minimum Gasteiger partial charge on any atom is -0.496 e. The van der Waals surface area contributed by atoms with Gasteiger partial charge in [0.1, 0.15) is 12.3 Å². The van der Waals surface area contributed by atoms with Gasteiger partial charge in [0.25, 0.3) is 0 Å². The highest BCUT2D eigenvalue weighted by molar-refractivity contribution is 5.79. The second kappa shape index (κ2) is 8.90. The summed E-state index contributed by atoms with van der Waals surface area (Å²) in [6.45, 7) is 7.76. The molecular weight excluding hydrogens is 306 g/mol. The number of aromatic nitrogens is 2. The van der Waals surface area contributed by atoms with Crippen LogP contribution in [0.1, 0.15) is 29.8 Å². The van der Waals surface area contributed by atoms with Gasteiger partial charge in [0.05, 0.1) is 7.11 Å². The van der Waals surface area contributed by atoms with Crippen molar-refractivity contribution >= 4 is 5.96 Å². The molecule has 0 fully saturated rings. The topological polar surface area (TPSA) is 84.6 Å². The normalized spacial score (nSPS) is 11.4. The summed E-state index contributed by atoms with van der Waals surface area (Å²) in [6, 6.07) is 6.26. The Morgan fingerprint density at radius 3 is 2.79 bits per heavy atom. The van der Waals surface area contributed by atoms with Gasteiger partial charge >= 0.3 is 0 Å². The van der Waals surface area contributed by atoms with E-state index in [0.717, 1.165) is 36.8 Å². The molecule has 1 aromatic heterocycles. The summed E-state index contributed by atoms with van der Waals surface area (Å²) >= 11 is 0. The smallest absolute Gasteiger partial charge is 0.223 e. The number of hydrogen-bond donors (Lipinski definition) is 2. The SMILES string of the molecule is CCNC(=NCc1noc(C)n1)NCCc1ccc(C)c(OC)c1. The van der Waals surface area contributed by atoms with Crippen LogP contribution in [0.25, 0.3) is 0 Å². The zero-order chi connectivity index (χ0) is 17.4. The fourth-order valence-corrected chi connectivity index (χ4v) is 2.24. The predicted octanol–water partition coefficient (Wildman–Crippen LogP) is 1.99. The molecule has 0 aliphatic carbocycles. The van der Waals surface area contributed by atoms with E-state index < -0.39 is 0 Å². The fraction of sp³-hybridized carbons (Fsp3) is 0.471. The van der Waals surface area contributed by atoms with Gasteiger partial charge in [-0.25, -0.2) is 4.99 Å². The molecule has 0 unspecified atom stereocenters. The van der Waals surface area contributed by atoms with Crippen molar-refractivity contribution in [3.8, 4) is 5.75 Å². The van der Waals surface area contributed by atoms with Gasteiger partial charge in [-0.05, 0) is 37.5 Å². The summed E-state index contributed by atoms with van der Waals surface area (Å²) in [5, 5.41) is 10.4. The van der Waals surface area contributed by atoms with Gasteiger partial charge in [0.2, 0.25) is 5.89 Å². The minimum atomic E-state index is 0.380. The fourth-order valence-electron chi connectivity index (χ4n) is 2.24. The minimum absolute atomic E-state index is 0.380. The van der Waals surface area contributed by atoms with Crippen LogP contribution in [0.4, 0.5) is 0 Å². The number of aryl methyl sites for hydroxylation is 2. The average Bonchev–Trinajstić information content (AvgIpc) is 2.99. The Kier molecular flexibility index (Phi) is 6.60. The van der Waals surface area contributed by atoms with Crippen molar-refractivity contribution in [3.63, 3.8) is 0 Å². The highest BCUT2D eigenvalue weighted by Gasteiger charge is 2.04. The Morgan fingerprint density at radius 1 is 1.29 bits per heavy atom. The molecule has 0 spiro atoms. The van der Waals surface area contributed by atoms with Crippen LogP contribution in [0.5, 0.6) is 5.75 Å². The van der Waals surface area contributed by atoms with Crippen molar-refractivity contribution in [2.24, 2.45) is 4.99 Å². The molecule has 0 aliphatic heterocycles. The summed E-state index contributed by atoms with van der Waals surface area (Å²) in [4.78, 5) is 8.60. The van der Waals surface area contributed by atoms with Crippen molar-refractivity contribution in [1.29, 1.82) is 0 Å². The molecule has 1 heterocycles. The first kappa shape index (κ1) is 17.8. The molecule has 2 aromatic rings. The van der Waals surface area contributed by atoms with Crippen LogP contribution >= 0.6 is 0 Å². The van der Waals surface area contributed by atoms with Crippen LogP contribution in [-0.2, 0) is 13.0 Å². The lowest BCUT2D eigenvalue weighted by molar-refractivity contribution is 0.387. The first-order valence-electron chi connectivity index (χ1n) is 8.07. The molecule has 2 N–H and O–H groups in total. The third kappa shape index (κ3) is 5.26. The quantitative estimate of drug-likeness (QED) is 0.596. The Labute approximate surface area is 142 Å². The van der Waals surface area contributed by atoms with Crippen LogP contribution in [-0.4, -0.2) is 36.3 Å². The lowest BCUT2D eigenvalue weighted by Crippen LogP contribution is -2.38. The Bertz CT molecular complexity index is 681. The molecule has 0 amide bonds. The van der Waals surface area contributed by atoms with Crippen molar-refractivity contribution < 1.29 is 9.26 Å². The Balaban J connectivity index is 1.89. The summed E-state index contributed by atoms with van der Waals surface area (Å²) < 4.78 is 10.3. The lowest BCUT2D eigenvalue weighted by atomic mass is 10.1. The molecule has 7 heteroatoms. The van der Waals surface area contributed by atoms with Crippen LogP contribution in [0.3, 0.4) is 0 Å². The zero-order valence-corrected chi connectivity index (χ0v) is 14.7. The van der Waals surface area contributed by atoms with Gasteiger partial charge in [-0.15, -0.1) is 0 Å². The van der Waals surface area contributed by atoms with Crippen LogP contribution < -0.4 is 15.4 Å². The molecule has 1 aromatic carbocycles. The zero-order valence-electron chi connectivity index (χ0n) is 14.7. The van der Waals surface area contributed by atoms with Gasteiger partial charge in [0.15, 0.2) is 11.8 Å². The number of ether oxygens (including phenoxy) is 1. The number of guanidine groups is 1. The molecule has 7 nitrogen and oxygen atoms in total. The standard InChI is InChI=1S/C17H25N5O2/c1-5-18-17(20-11-16-21-13(3)24-22-16)19-9-8-14-7-6-12(2)15(10-14)23-4/h6-7,10H,5,8-9,11H2,1-4H3,(H2,18,19,20). The third-order valence-corrected chi connectivity index (χ3v) is 3.47. The van der Waals surface area contributed by atoms with E-state index >= 15 is 0 Å². The summed E-state index contributed by atoms with van der Waals surface area (Å²) in [7, 11) is 1.69. The molecular formula is C17H25N5O2. The lowest BCUT2D eigenvalue weighted by Gasteiger charge is -2.12. The van der Waals surface area contributed by atoms with E-state index in [4.69, 9.17) is 9.26 Å². The summed E-state index contributed by atoms with van der Waals surface area (Å²) in [6.07, 6.45) is 0.877. The maximum absolute atomic E-state index is 5.36. The first-order valence-corrected chi connectivity index (χ1v) is 8.07. The molecule has 0 radical (unpaired) electrons. The maximum Gasteiger partial charge on any atom is 0.223 e. The van der Waals surface area contributed by atoms with E-state index in [1.54, 1.807) is 14.0 Å². The number of aliphatic imine (C=N–C) groups is 1. The van der Waals surface area contributed by atoms with E-state index in [1.807, 2.05) is 13.8 Å². The van der Waals surface area contributed by atoms with E-state index in [0.29, 0.717) is 18.3 Å². The molecule has 0 aliphatic rings. The van der Waals surface area contributed by atoms with Gasteiger partial charge in [0, 0.05) is 20.0 Å². The highest BCUT2D eigenvalue weighted by Crippen LogP contribution is 2.18. The van der Waals surface area contributed by atoms with Crippen LogP contribution in [0.2, 0.25) is 0 Å². The van der Waals surface area contributed by atoms with E-state index in [1.165, 1.54) is 5.56 Å². The maximum atomic E-state index is 5.36. The van der Waals surface area contributed by atoms with Gasteiger partial charge < -0.3 is 19.9 Å². The number of rotatable bonds is 7. The third-order valence-electron chi connectivity index (χ3n) is 3.47. The number of nitrogens with one attached hydrogen (secondary N) is 2. The number of methoxy groups -OCH3 is 1. The second-order valence-electron chi connectivity index (χ2n) is 5.41. The van der Waals surface area contributed by atoms with Crippen LogP contribution in [0.15, 0.2) is 27.7 Å². The molecule has 2 rings (SSSR count). The second-order valence-corrected chi connectivity index (χ2v) is 5.41. The Hall–Kier alpha value is -2.57. The monoisotopic (exact) mass is 331 g/mol. The van der Waals surface area contributed by atoms with Crippen molar-refractivity contribution in [2.45, 2.75) is 33.7 Å². The first-order chi connectivity index (χ1) is 11.6. The number of benzene rings is 1. The molecule has 0 atom stereocenters. The van der Waals surface area contributed by atoms with E-state index in [2.05, 4.69) is 44.0 Å². The van der Waals surface area contributed by atoms with Crippen molar-refractivity contribution in [3.05, 3.63) is 41.0 Å². The van der Waals surface area contributed by atoms with Crippen molar-refractivity contribution in [1.82, 2.24) is 20.8 Å². The van der Waals surface area contributed by atoms with Gasteiger partial charge in [-0.3, -0.25) is 0 Å². The number of nitrogens with zero attached hydrogens (tertiary/aromatic N) is 3. The van der Waals surface area contributed by atoms with Crippen LogP contribution in [0, 0.1) is 13.8 Å². The summed E-state index contributed by atoms with van der Waals surface area (Å²) in [5.41, 5.74) is 2.36. The van der Waals surface area contributed by atoms with E-state index in [-0.39, 0.29) is 0 Å². The summed E-state index contributed by atoms with van der Waals surface area (Å²) in [5.74, 6) is 2.78. The van der Waals surface area contributed by atoms with Gasteiger partial charge in [-0.2, -0.15) is 4.98 Å². The van der Waals surface area contributed by atoms with Gasteiger partial charge in [-0.1, -0.05) is 17.3 Å². The van der Waals surface area contributed by atoms with E-state index in [9.17, 15) is 0 Å². The molecule has 130 valence electrons. The highest BCUT2D eigenvalue weighted by atomic mass is 16.5. The Morgan fingerprint density at radius 2 is 2.12 bits per heavy atom. The number of hydrogen-bond acceptors (Lipinski definition) is 5. The molecule has 0 saturated carbocycles.